The van der Waals surface area contributed by atoms with Gasteiger partial charge in [-0.05, 0) is 36.1 Å². The second kappa shape index (κ2) is 5.73. The molecule has 17 heavy (non-hydrogen) atoms. The average Bonchev–Trinajstić information content (AvgIpc) is 2.38. The standard InChI is InChI=1S/C14H13FOS/c1-17-12-8-6-11(7-9-12)10-16-14-5-3-2-4-13(14)15/h2-9H,10H2,1H3. The maximum atomic E-state index is 13.3. The molecule has 0 radical (unpaired) electrons. The predicted molar refractivity (Wildman–Crippen MR) is 69.0 cm³/mol. The van der Waals surface area contributed by atoms with Crippen LogP contribution >= 0.6 is 11.8 Å². The van der Waals surface area contributed by atoms with Crippen LogP contribution in [-0.4, -0.2) is 6.26 Å². The molecular weight excluding hydrogens is 235 g/mol. The highest BCUT2D eigenvalue weighted by atomic mass is 32.2. The van der Waals surface area contributed by atoms with Gasteiger partial charge in [0.15, 0.2) is 11.6 Å². The first-order chi connectivity index (χ1) is 8.29. The fourth-order valence-electron chi connectivity index (χ4n) is 1.44. The monoisotopic (exact) mass is 248 g/mol. The van der Waals surface area contributed by atoms with Crippen molar-refractivity contribution in [3.63, 3.8) is 0 Å². The number of para-hydroxylation sites is 1. The number of rotatable bonds is 4. The number of halogens is 1. The molecule has 0 unspecified atom stereocenters. The maximum absolute atomic E-state index is 13.3. The first-order valence-corrected chi connectivity index (χ1v) is 6.52. The lowest BCUT2D eigenvalue weighted by molar-refractivity contribution is 0.290. The lowest BCUT2D eigenvalue weighted by Gasteiger charge is -2.07. The topological polar surface area (TPSA) is 9.23 Å². The van der Waals surface area contributed by atoms with Gasteiger partial charge in [-0.15, -0.1) is 11.8 Å². The molecule has 2 aromatic rings. The molecule has 0 spiro atoms. The molecule has 0 saturated carbocycles. The van der Waals surface area contributed by atoms with Gasteiger partial charge >= 0.3 is 0 Å². The number of benzene rings is 2. The van der Waals surface area contributed by atoms with Gasteiger partial charge in [-0.25, -0.2) is 4.39 Å². The van der Waals surface area contributed by atoms with Gasteiger partial charge < -0.3 is 4.74 Å². The Hall–Kier alpha value is -1.48. The smallest absolute Gasteiger partial charge is 0.165 e. The van der Waals surface area contributed by atoms with Crippen LogP contribution in [0.4, 0.5) is 4.39 Å². The molecule has 88 valence electrons. The third-order valence-electron chi connectivity index (χ3n) is 2.39. The second-order valence-electron chi connectivity index (χ2n) is 3.57. The van der Waals surface area contributed by atoms with Crippen LogP contribution in [0.3, 0.4) is 0 Å². The van der Waals surface area contributed by atoms with Crippen LogP contribution in [0.15, 0.2) is 53.4 Å². The zero-order chi connectivity index (χ0) is 12.1. The van der Waals surface area contributed by atoms with Crippen molar-refractivity contribution in [2.45, 2.75) is 11.5 Å². The Bertz CT molecular complexity index is 482. The van der Waals surface area contributed by atoms with E-state index in [9.17, 15) is 4.39 Å². The summed E-state index contributed by atoms with van der Waals surface area (Å²) >= 11 is 1.69. The van der Waals surface area contributed by atoms with Crippen molar-refractivity contribution in [3.05, 3.63) is 59.9 Å². The van der Waals surface area contributed by atoms with Crippen molar-refractivity contribution in [1.29, 1.82) is 0 Å². The minimum absolute atomic E-state index is 0.293. The fourth-order valence-corrected chi connectivity index (χ4v) is 1.85. The van der Waals surface area contributed by atoms with Gasteiger partial charge in [-0.1, -0.05) is 24.3 Å². The van der Waals surface area contributed by atoms with E-state index in [1.165, 1.54) is 11.0 Å². The molecule has 0 N–H and O–H groups in total. The summed E-state index contributed by atoms with van der Waals surface area (Å²) in [4.78, 5) is 1.21. The van der Waals surface area contributed by atoms with Gasteiger partial charge in [-0.3, -0.25) is 0 Å². The largest absolute Gasteiger partial charge is 0.486 e. The molecule has 0 aliphatic heterocycles. The Morgan fingerprint density at radius 2 is 1.76 bits per heavy atom. The zero-order valence-corrected chi connectivity index (χ0v) is 10.3. The third-order valence-corrected chi connectivity index (χ3v) is 3.13. The summed E-state index contributed by atoms with van der Waals surface area (Å²) in [6, 6.07) is 14.5. The van der Waals surface area contributed by atoms with Gasteiger partial charge in [0.25, 0.3) is 0 Å². The number of thioether (sulfide) groups is 1. The predicted octanol–water partition coefficient (Wildman–Crippen LogP) is 4.13. The van der Waals surface area contributed by atoms with E-state index >= 15 is 0 Å². The van der Waals surface area contributed by atoms with Crippen LogP contribution in [0, 0.1) is 5.82 Å². The van der Waals surface area contributed by atoms with E-state index in [0.717, 1.165) is 5.56 Å². The van der Waals surface area contributed by atoms with E-state index in [2.05, 4.69) is 0 Å². The van der Waals surface area contributed by atoms with E-state index in [0.29, 0.717) is 12.4 Å². The molecule has 0 saturated heterocycles. The Morgan fingerprint density at radius 3 is 2.41 bits per heavy atom. The Morgan fingerprint density at radius 1 is 1.06 bits per heavy atom. The summed E-state index contributed by atoms with van der Waals surface area (Å²) in [6.07, 6.45) is 2.03. The molecule has 0 atom stereocenters. The van der Waals surface area contributed by atoms with Gasteiger partial charge in [0.1, 0.15) is 6.61 Å². The first kappa shape index (κ1) is 12.0. The van der Waals surface area contributed by atoms with Gasteiger partial charge in [0, 0.05) is 4.90 Å². The zero-order valence-electron chi connectivity index (χ0n) is 9.52. The van der Waals surface area contributed by atoms with E-state index in [-0.39, 0.29) is 5.82 Å². The molecule has 3 heteroatoms. The molecule has 0 bridgehead atoms. The quantitative estimate of drug-likeness (QED) is 0.752. The summed E-state index contributed by atoms with van der Waals surface area (Å²) in [5.41, 5.74) is 1.03. The molecule has 0 fully saturated rings. The minimum Gasteiger partial charge on any atom is -0.486 e. The van der Waals surface area contributed by atoms with Crippen LogP contribution < -0.4 is 4.74 Å². The van der Waals surface area contributed by atoms with Crippen molar-refractivity contribution in [2.75, 3.05) is 6.26 Å². The number of ether oxygens (including phenoxy) is 1. The number of hydrogen-bond acceptors (Lipinski definition) is 2. The van der Waals surface area contributed by atoms with E-state index in [4.69, 9.17) is 4.74 Å². The fraction of sp³-hybridized carbons (Fsp3) is 0.143. The molecule has 2 aromatic carbocycles. The Balaban J connectivity index is 2.00. The van der Waals surface area contributed by atoms with Gasteiger partial charge in [0.05, 0.1) is 0 Å². The first-order valence-electron chi connectivity index (χ1n) is 5.30. The van der Waals surface area contributed by atoms with E-state index < -0.39 is 0 Å². The SMILES string of the molecule is CSc1ccc(COc2ccccc2F)cc1. The van der Waals surface area contributed by atoms with Crippen LogP contribution in [-0.2, 0) is 6.61 Å². The highest BCUT2D eigenvalue weighted by Gasteiger charge is 2.01. The lowest BCUT2D eigenvalue weighted by atomic mass is 10.2. The average molecular weight is 248 g/mol. The van der Waals surface area contributed by atoms with Crippen LogP contribution in [0.2, 0.25) is 0 Å². The van der Waals surface area contributed by atoms with Gasteiger partial charge in [0.2, 0.25) is 0 Å². The molecule has 0 aliphatic rings. The molecule has 2 rings (SSSR count). The molecule has 1 nitrogen and oxygen atoms in total. The minimum atomic E-state index is -0.326. The second-order valence-corrected chi connectivity index (χ2v) is 4.45. The molecule has 0 amide bonds. The van der Waals surface area contributed by atoms with Crippen molar-refractivity contribution in [1.82, 2.24) is 0 Å². The lowest BCUT2D eigenvalue weighted by Crippen LogP contribution is -1.96. The van der Waals surface area contributed by atoms with Gasteiger partial charge in [-0.2, -0.15) is 0 Å². The molecular formula is C14H13FOS. The van der Waals surface area contributed by atoms with Crippen molar-refractivity contribution in [2.24, 2.45) is 0 Å². The molecule has 0 aliphatic carbocycles. The summed E-state index contributed by atoms with van der Waals surface area (Å²) in [5.74, 6) is -0.0327. The molecule has 0 heterocycles. The summed E-state index contributed by atoms with van der Waals surface area (Å²) in [6.45, 7) is 0.385. The molecule has 0 aromatic heterocycles. The normalized spacial score (nSPS) is 10.2. The maximum Gasteiger partial charge on any atom is 0.165 e. The Labute approximate surface area is 105 Å². The summed E-state index contributed by atoms with van der Waals surface area (Å²) in [5, 5.41) is 0. The van der Waals surface area contributed by atoms with E-state index in [1.807, 2.05) is 30.5 Å². The van der Waals surface area contributed by atoms with Crippen LogP contribution in [0.25, 0.3) is 0 Å². The van der Waals surface area contributed by atoms with Crippen LogP contribution in [0.5, 0.6) is 5.75 Å². The third kappa shape index (κ3) is 3.24. The number of hydrogen-bond donors (Lipinski definition) is 0. The highest BCUT2D eigenvalue weighted by Crippen LogP contribution is 2.19. The van der Waals surface area contributed by atoms with Crippen molar-refractivity contribution < 1.29 is 9.13 Å². The Kier molecular flexibility index (Phi) is 4.04. The van der Waals surface area contributed by atoms with Crippen LogP contribution in [0.1, 0.15) is 5.56 Å². The van der Waals surface area contributed by atoms with Crippen molar-refractivity contribution >= 4 is 11.8 Å². The highest BCUT2D eigenvalue weighted by molar-refractivity contribution is 7.98. The summed E-state index contributed by atoms with van der Waals surface area (Å²) in [7, 11) is 0. The van der Waals surface area contributed by atoms with E-state index in [1.54, 1.807) is 30.0 Å². The van der Waals surface area contributed by atoms with Crippen molar-refractivity contribution in [3.8, 4) is 5.75 Å². The summed E-state index contributed by atoms with van der Waals surface area (Å²) < 4.78 is 18.7.